The highest BCUT2D eigenvalue weighted by Gasteiger charge is 2.44. The van der Waals surface area contributed by atoms with Gasteiger partial charge in [-0.2, -0.15) is 5.26 Å². The molecule has 46 heavy (non-hydrogen) atoms. The van der Waals surface area contributed by atoms with Gasteiger partial charge < -0.3 is 9.80 Å². The third kappa shape index (κ3) is 4.67. The molecule has 0 saturated carbocycles. The highest BCUT2D eigenvalue weighted by molar-refractivity contribution is 7.00. The average molecular weight is 597 g/mol. The lowest BCUT2D eigenvalue weighted by Gasteiger charge is -2.45. The molecule has 2 aliphatic rings. The third-order valence-electron chi connectivity index (χ3n) is 9.43. The van der Waals surface area contributed by atoms with Crippen LogP contribution in [0, 0.1) is 24.8 Å². The number of hydrogen-bond donors (Lipinski definition) is 0. The smallest absolute Gasteiger partial charge is 0.252 e. The number of nitriles is 1. The van der Waals surface area contributed by atoms with E-state index >= 15 is 0 Å². The largest absolute Gasteiger partial charge is 0.312 e. The molecule has 0 spiro atoms. The molecular weight excluding hydrogens is 559 g/mol. The maximum atomic E-state index is 9.57. The van der Waals surface area contributed by atoms with Gasteiger partial charge in [0.2, 0.25) is 0 Å². The summed E-state index contributed by atoms with van der Waals surface area (Å²) < 4.78 is 0. The van der Waals surface area contributed by atoms with E-state index in [2.05, 4.69) is 142 Å². The van der Waals surface area contributed by atoms with E-state index < -0.39 is 0 Å². The Balaban J connectivity index is 1.60. The third-order valence-corrected chi connectivity index (χ3v) is 9.43. The first kappa shape index (κ1) is 29.5. The van der Waals surface area contributed by atoms with E-state index in [4.69, 9.17) is 6.57 Å². The number of benzene rings is 5. The Bertz CT molecular complexity index is 1950. The zero-order valence-corrected chi connectivity index (χ0v) is 27.6. The molecule has 0 radical (unpaired) electrons. The minimum atomic E-state index is -0.0217. The van der Waals surface area contributed by atoms with Crippen LogP contribution in [-0.2, 0) is 10.8 Å². The Morgan fingerprint density at radius 3 is 1.50 bits per heavy atom. The van der Waals surface area contributed by atoms with Crippen molar-refractivity contribution in [3.63, 3.8) is 0 Å². The van der Waals surface area contributed by atoms with Gasteiger partial charge in [0.1, 0.15) is 0 Å². The van der Waals surface area contributed by atoms with Crippen LogP contribution in [0.5, 0.6) is 0 Å². The number of aryl methyl sites for hydroxylation is 1. The second kappa shape index (κ2) is 10.4. The summed E-state index contributed by atoms with van der Waals surface area (Å²) in [6, 6.07) is 36.8. The fourth-order valence-electron chi connectivity index (χ4n) is 6.99. The SMILES string of the molecule is [C-]#[N+]c1ccc(N2c3ccc(C(C)(C)C)cc3B3c4cc(C(C)(C)C)ccc4N(c4ccc(C#N)cc4)c4cc(C)cc2c43)cc1. The molecule has 5 heteroatoms. The van der Waals surface area contributed by atoms with Crippen LogP contribution in [0.2, 0.25) is 0 Å². The van der Waals surface area contributed by atoms with Gasteiger partial charge in [-0.1, -0.05) is 77.9 Å². The van der Waals surface area contributed by atoms with E-state index in [0.29, 0.717) is 11.3 Å². The van der Waals surface area contributed by atoms with Gasteiger partial charge in [-0.15, -0.1) is 0 Å². The van der Waals surface area contributed by atoms with Crippen LogP contribution < -0.4 is 26.2 Å². The molecule has 5 aromatic carbocycles. The van der Waals surface area contributed by atoms with Gasteiger partial charge in [0.25, 0.3) is 6.71 Å². The predicted octanol–water partition coefficient (Wildman–Crippen LogP) is 9.10. The number of nitrogens with zero attached hydrogens (tertiary/aromatic N) is 4. The molecule has 0 amide bonds. The van der Waals surface area contributed by atoms with Gasteiger partial charge in [-0.3, -0.25) is 0 Å². The first-order valence-corrected chi connectivity index (χ1v) is 15.9. The van der Waals surface area contributed by atoms with Gasteiger partial charge in [-0.05, 0) is 111 Å². The van der Waals surface area contributed by atoms with E-state index in [1.807, 2.05) is 24.3 Å². The van der Waals surface area contributed by atoms with E-state index in [9.17, 15) is 5.26 Å². The maximum Gasteiger partial charge on any atom is 0.252 e. The molecule has 4 nitrogen and oxygen atoms in total. The molecule has 0 bridgehead atoms. The van der Waals surface area contributed by atoms with Crippen molar-refractivity contribution >= 4 is 62.9 Å². The second-order valence-electron chi connectivity index (χ2n) is 14.7. The minimum absolute atomic E-state index is 0.0210. The zero-order chi connectivity index (χ0) is 32.5. The summed E-state index contributed by atoms with van der Waals surface area (Å²) in [5, 5.41) is 9.57. The molecule has 2 aliphatic heterocycles. The molecule has 0 unspecified atom stereocenters. The Hall–Kier alpha value is -5.26. The van der Waals surface area contributed by atoms with E-state index in [1.165, 1.54) is 33.1 Å². The van der Waals surface area contributed by atoms with Gasteiger partial charge in [0.15, 0.2) is 5.69 Å². The number of fused-ring (bicyclic) bond motifs is 4. The van der Waals surface area contributed by atoms with E-state index in [0.717, 1.165) is 34.1 Å². The molecule has 0 fully saturated rings. The second-order valence-corrected chi connectivity index (χ2v) is 14.7. The van der Waals surface area contributed by atoms with Crippen LogP contribution in [0.3, 0.4) is 0 Å². The highest BCUT2D eigenvalue weighted by atomic mass is 15.2. The standard InChI is InChI=1S/C41H37BN4/c1-26-21-37-39-38(22-26)46(32-17-13-30(44-8)14-18-32)36-20-12-29(41(5,6)7)24-34(36)42(39)33-23-28(40(2,3)4)11-19-35(33)45(37)31-15-9-27(25-43)10-16-31/h9-24H,1-7H3. The first-order chi connectivity index (χ1) is 21.9. The normalized spacial score (nSPS) is 13.4. The van der Waals surface area contributed by atoms with Crippen LogP contribution in [0.4, 0.5) is 39.8 Å². The van der Waals surface area contributed by atoms with Gasteiger partial charge in [-0.25, -0.2) is 4.85 Å². The van der Waals surface area contributed by atoms with Crippen molar-refractivity contribution in [2.24, 2.45) is 0 Å². The fourth-order valence-corrected chi connectivity index (χ4v) is 6.99. The van der Waals surface area contributed by atoms with Gasteiger partial charge in [0.05, 0.1) is 18.2 Å². The van der Waals surface area contributed by atoms with Gasteiger partial charge in [0, 0.05) is 34.1 Å². The molecule has 0 atom stereocenters. The van der Waals surface area contributed by atoms with Crippen molar-refractivity contribution in [3.05, 3.63) is 131 Å². The average Bonchev–Trinajstić information content (AvgIpc) is 3.03. The van der Waals surface area contributed by atoms with Crippen LogP contribution >= 0.6 is 0 Å². The highest BCUT2D eigenvalue weighted by Crippen LogP contribution is 2.45. The van der Waals surface area contributed by atoms with Crippen molar-refractivity contribution in [2.75, 3.05) is 9.80 Å². The van der Waals surface area contributed by atoms with Gasteiger partial charge >= 0.3 is 0 Å². The summed E-state index contributed by atoms with van der Waals surface area (Å²) in [7, 11) is 0. The summed E-state index contributed by atoms with van der Waals surface area (Å²) in [6.45, 7) is 23.4. The molecule has 0 N–H and O–H groups in total. The lowest BCUT2D eigenvalue weighted by molar-refractivity contribution is 0.590. The summed E-state index contributed by atoms with van der Waals surface area (Å²) in [4.78, 5) is 8.42. The first-order valence-electron chi connectivity index (χ1n) is 15.9. The lowest BCUT2D eigenvalue weighted by atomic mass is 9.33. The zero-order valence-electron chi connectivity index (χ0n) is 27.6. The minimum Gasteiger partial charge on any atom is -0.312 e. The van der Waals surface area contributed by atoms with Crippen molar-refractivity contribution in [1.82, 2.24) is 0 Å². The molecule has 0 saturated heterocycles. The van der Waals surface area contributed by atoms with Crippen molar-refractivity contribution in [3.8, 4) is 6.07 Å². The van der Waals surface area contributed by atoms with Crippen LogP contribution in [0.25, 0.3) is 4.85 Å². The van der Waals surface area contributed by atoms with E-state index in [1.54, 1.807) is 0 Å². The summed E-state index contributed by atoms with van der Waals surface area (Å²) in [6.07, 6.45) is 0. The maximum absolute atomic E-state index is 9.57. The molecule has 5 aromatic rings. The summed E-state index contributed by atoms with van der Waals surface area (Å²) >= 11 is 0. The Morgan fingerprint density at radius 1 is 0.630 bits per heavy atom. The van der Waals surface area contributed by atoms with Crippen molar-refractivity contribution in [2.45, 2.75) is 59.3 Å². The van der Waals surface area contributed by atoms with Crippen LogP contribution in [0.1, 0.15) is 63.8 Å². The number of anilines is 6. The summed E-state index contributed by atoms with van der Waals surface area (Å²) in [5.74, 6) is 0. The topological polar surface area (TPSA) is 34.6 Å². The Morgan fingerprint density at radius 2 is 1.09 bits per heavy atom. The molecule has 2 heterocycles. The van der Waals surface area contributed by atoms with E-state index in [-0.39, 0.29) is 17.5 Å². The molecule has 0 aromatic heterocycles. The molecule has 224 valence electrons. The molecular formula is C41H37BN4. The van der Waals surface area contributed by atoms with Crippen molar-refractivity contribution in [1.29, 1.82) is 5.26 Å². The quantitative estimate of drug-likeness (QED) is 0.148. The molecule has 7 rings (SSSR count). The lowest BCUT2D eigenvalue weighted by Crippen LogP contribution is -2.61. The predicted molar refractivity (Wildman–Crippen MR) is 194 cm³/mol. The summed E-state index contributed by atoms with van der Waals surface area (Å²) in [5.41, 5.74) is 15.5. The Labute approximate surface area is 273 Å². The fraction of sp³-hybridized carbons (Fsp3) is 0.220. The van der Waals surface area contributed by atoms with Crippen LogP contribution in [0.15, 0.2) is 97.1 Å². The molecule has 0 aliphatic carbocycles. The number of rotatable bonds is 2. The Kier molecular flexibility index (Phi) is 6.66. The van der Waals surface area contributed by atoms with Crippen molar-refractivity contribution < 1.29 is 0 Å². The van der Waals surface area contributed by atoms with Crippen LogP contribution in [-0.4, -0.2) is 6.71 Å². The number of hydrogen-bond acceptors (Lipinski definition) is 3. The monoisotopic (exact) mass is 596 g/mol.